The number of likely N-dealkylation sites (tertiary alicyclic amines) is 1. The molecule has 0 aromatic carbocycles. The van der Waals surface area contributed by atoms with Gasteiger partial charge in [-0.3, -0.25) is 4.90 Å². The zero-order valence-electron chi connectivity index (χ0n) is 11.9. The van der Waals surface area contributed by atoms with E-state index < -0.39 is 12.0 Å². The molecule has 0 radical (unpaired) electrons. The summed E-state index contributed by atoms with van der Waals surface area (Å²) in [6, 6.07) is -0.985. The number of morpholine rings is 1. The molecule has 2 atom stereocenters. The first-order chi connectivity index (χ1) is 9.61. The van der Waals surface area contributed by atoms with Crippen molar-refractivity contribution in [2.75, 3.05) is 39.3 Å². The molecule has 2 aliphatic rings. The molecule has 2 heterocycles. The fraction of sp³-hybridized carbons (Fsp3) is 0.846. The Kier molecular flexibility index (Phi) is 5.19. The topological polar surface area (TPSA) is 82.1 Å². The van der Waals surface area contributed by atoms with E-state index in [1.54, 1.807) is 0 Å². The van der Waals surface area contributed by atoms with E-state index in [1.165, 1.54) is 4.90 Å². The molecule has 2 unspecified atom stereocenters. The van der Waals surface area contributed by atoms with Crippen LogP contribution in [0.2, 0.25) is 0 Å². The molecule has 2 amide bonds. The number of hydrogen-bond acceptors (Lipinski definition) is 4. The van der Waals surface area contributed by atoms with Crippen molar-refractivity contribution in [1.82, 2.24) is 15.1 Å². The van der Waals surface area contributed by atoms with Crippen LogP contribution in [0.5, 0.6) is 0 Å². The predicted molar refractivity (Wildman–Crippen MR) is 72.6 cm³/mol. The zero-order valence-corrected chi connectivity index (χ0v) is 11.9. The summed E-state index contributed by atoms with van der Waals surface area (Å²) < 4.78 is 5.61. The normalized spacial score (nSPS) is 27.6. The van der Waals surface area contributed by atoms with E-state index in [9.17, 15) is 9.59 Å². The van der Waals surface area contributed by atoms with Gasteiger partial charge in [0.2, 0.25) is 0 Å². The number of carbonyl (C=O) groups is 2. The van der Waals surface area contributed by atoms with Gasteiger partial charge in [-0.1, -0.05) is 6.92 Å². The summed E-state index contributed by atoms with van der Waals surface area (Å²) in [5.41, 5.74) is 0. The minimum atomic E-state index is -0.927. The van der Waals surface area contributed by atoms with E-state index in [-0.39, 0.29) is 12.1 Å². The number of hydrogen-bond donors (Lipinski definition) is 2. The Labute approximate surface area is 118 Å². The molecule has 20 heavy (non-hydrogen) atoms. The lowest BCUT2D eigenvalue weighted by Gasteiger charge is -2.32. The number of carboxylic acids is 1. The van der Waals surface area contributed by atoms with Gasteiger partial charge in [0, 0.05) is 26.2 Å². The van der Waals surface area contributed by atoms with Gasteiger partial charge in [0.05, 0.1) is 12.7 Å². The highest BCUT2D eigenvalue weighted by atomic mass is 16.5. The van der Waals surface area contributed by atoms with Gasteiger partial charge < -0.3 is 20.1 Å². The lowest BCUT2D eigenvalue weighted by Crippen LogP contribution is -2.51. The second-order valence-electron chi connectivity index (χ2n) is 5.26. The van der Waals surface area contributed by atoms with Crippen molar-refractivity contribution in [3.63, 3.8) is 0 Å². The van der Waals surface area contributed by atoms with Crippen molar-refractivity contribution in [2.45, 2.75) is 31.9 Å². The number of nitrogens with zero attached hydrogens (tertiary/aromatic N) is 2. The van der Waals surface area contributed by atoms with Gasteiger partial charge >= 0.3 is 12.0 Å². The van der Waals surface area contributed by atoms with Gasteiger partial charge in [-0.05, 0) is 19.4 Å². The Bertz CT molecular complexity index is 364. The average Bonchev–Trinajstić information content (AvgIpc) is 2.94. The smallest absolute Gasteiger partial charge is 0.326 e. The summed E-state index contributed by atoms with van der Waals surface area (Å²) in [6.07, 6.45) is 1.26. The molecular weight excluding hydrogens is 262 g/mol. The maximum Gasteiger partial charge on any atom is 0.326 e. The molecule has 2 fully saturated rings. The SMILES string of the molecule is CCN1CCOC(CNC(=O)N2CCCC2C(=O)O)C1. The zero-order chi connectivity index (χ0) is 14.5. The molecular formula is C13H23N3O4. The van der Waals surface area contributed by atoms with Crippen LogP contribution in [0, 0.1) is 0 Å². The number of rotatable bonds is 4. The van der Waals surface area contributed by atoms with Crippen LogP contribution in [0.3, 0.4) is 0 Å². The molecule has 7 nitrogen and oxygen atoms in total. The van der Waals surface area contributed by atoms with E-state index in [1.807, 2.05) is 0 Å². The quantitative estimate of drug-likeness (QED) is 0.758. The molecule has 0 aliphatic carbocycles. The molecule has 2 N–H and O–H groups in total. The van der Waals surface area contributed by atoms with Crippen molar-refractivity contribution >= 4 is 12.0 Å². The van der Waals surface area contributed by atoms with E-state index in [4.69, 9.17) is 9.84 Å². The van der Waals surface area contributed by atoms with E-state index in [0.717, 1.165) is 26.1 Å². The number of urea groups is 1. The molecule has 0 aromatic heterocycles. The van der Waals surface area contributed by atoms with Crippen LogP contribution < -0.4 is 5.32 Å². The molecule has 0 saturated carbocycles. The van der Waals surface area contributed by atoms with Crippen LogP contribution in [-0.4, -0.2) is 78.4 Å². The molecule has 114 valence electrons. The van der Waals surface area contributed by atoms with Crippen molar-refractivity contribution < 1.29 is 19.4 Å². The summed E-state index contributed by atoms with van der Waals surface area (Å²) in [5.74, 6) is -0.927. The highest BCUT2D eigenvalue weighted by Crippen LogP contribution is 2.17. The number of nitrogens with one attached hydrogen (secondary N) is 1. The van der Waals surface area contributed by atoms with Crippen LogP contribution in [0.15, 0.2) is 0 Å². The first kappa shape index (κ1) is 15.1. The third-order valence-corrected chi connectivity index (χ3v) is 3.95. The monoisotopic (exact) mass is 285 g/mol. The molecule has 2 aliphatic heterocycles. The Morgan fingerprint density at radius 2 is 2.20 bits per heavy atom. The van der Waals surface area contributed by atoms with Crippen LogP contribution >= 0.6 is 0 Å². The van der Waals surface area contributed by atoms with E-state index in [0.29, 0.717) is 26.1 Å². The lowest BCUT2D eigenvalue weighted by atomic mass is 10.2. The first-order valence-electron chi connectivity index (χ1n) is 7.23. The Hall–Kier alpha value is -1.34. The van der Waals surface area contributed by atoms with Crippen molar-refractivity contribution in [3.05, 3.63) is 0 Å². The number of likely N-dealkylation sites (N-methyl/N-ethyl adjacent to an activating group) is 1. The summed E-state index contributed by atoms with van der Waals surface area (Å²) in [7, 11) is 0. The lowest BCUT2D eigenvalue weighted by molar-refractivity contribution is -0.141. The van der Waals surface area contributed by atoms with Crippen LogP contribution in [0.1, 0.15) is 19.8 Å². The number of carbonyl (C=O) groups excluding carboxylic acids is 1. The van der Waals surface area contributed by atoms with Crippen molar-refractivity contribution in [1.29, 1.82) is 0 Å². The number of aliphatic carboxylic acids is 1. The molecule has 0 spiro atoms. The molecule has 2 saturated heterocycles. The molecule has 2 rings (SSSR count). The predicted octanol–water partition coefficient (Wildman–Crippen LogP) is -0.0343. The second kappa shape index (κ2) is 6.90. The van der Waals surface area contributed by atoms with Crippen molar-refractivity contribution in [3.8, 4) is 0 Å². The van der Waals surface area contributed by atoms with Gasteiger partial charge in [-0.25, -0.2) is 9.59 Å². The Morgan fingerprint density at radius 3 is 2.90 bits per heavy atom. The van der Waals surface area contributed by atoms with Crippen LogP contribution in [-0.2, 0) is 9.53 Å². The fourth-order valence-electron chi connectivity index (χ4n) is 2.76. The number of amides is 2. The first-order valence-corrected chi connectivity index (χ1v) is 7.23. The minimum Gasteiger partial charge on any atom is -0.480 e. The van der Waals surface area contributed by atoms with Crippen LogP contribution in [0.4, 0.5) is 4.79 Å². The molecule has 0 aromatic rings. The highest BCUT2D eigenvalue weighted by molar-refractivity contribution is 5.83. The average molecular weight is 285 g/mol. The third-order valence-electron chi connectivity index (χ3n) is 3.95. The van der Waals surface area contributed by atoms with Gasteiger partial charge in [-0.15, -0.1) is 0 Å². The summed E-state index contributed by atoms with van der Waals surface area (Å²) in [5, 5.41) is 11.9. The maximum atomic E-state index is 12.0. The summed E-state index contributed by atoms with van der Waals surface area (Å²) >= 11 is 0. The summed E-state index contributed by atoms with van der Waals surface area (Å²) in [4.78, 5) is 26.8. The molecule has 7 heteroatoms. The van der Waals surface area contributed by atoms with E-state index in [2.05, 4.69) is 17.1 Å². The maximum absolute atomic E-state index is 12.0. The Morgan fingerprint density at radius 1 is 1.40 bits per heavy atom. The van der Waals surface area contributed by atoms with Crippen LogP contribution in [0.25, 0.3) is 0 Å². The highest BCUT2D eigenvalue weighted by Gasteiger charge is 2.34. The Balaban J connectivity index is 1.78. The second-order valence-corrected chi connectivity index (χ2v) is 5.26. The molecule has 0 bridgehead atoms. The van der Waals surface area contributed by atoms with Gasteiger partial charge in [0.1, 0.15) is 6.04 Å². The summed E-state index contributed by atoms with van der Waals surface area (Å²) in [6.45, 7) is 6.42. The van der Waals surface area contributed by atoms with Gasteiger partial charge in [0.15, 0.2) is 0 Å². The third kappa shape index (κ3) is 3.61. The van der Waals surface area contributed by atoms with Crippen molar-refractivity contribution in [2.24, 2.45) is 0 Å². The van der Waals surface area contributed by atoms with Gasteiger partial charge in [0.25, 0.3) is 0 Å². The van der Waals surface area contributed by atoms with Gasteiger partial charge in [-0.2, -0.15) is 0 Å². The number of carboxylic acid groups (broad SMARTS) is 1. The standard InChI is InChI=1S/C13H23N3O4/c1-2-15-6-7-20-10(9-15)8-14-13(19)16-5-3-4-11(16)12(17)18/h10-11H,2-9H2,1H3,(H,14,19)(H,17,18). The minimum absolute atomic E-state index is 0.0152. The van der Waals surface area contributed by atoms with E-state index >= 15 is 0 Å². The largest absolute Gasteiger partial charge is 0.480 e. The number of ether oxygens (including phenoxy) is 1. The fourth-order valence-corrected chi connectivity index (χ4v) is 2.76.